The first kappa shape index (κ1) is 28.2. The number of piperidine rings is 1. The van der Waals surface area contributed by atoms with Gasteiger partial charge >= 0.3 is 6.18 Å². The van der Waals surface area contributed by atoms with Crippen molar-refractivity contribution in [2.24, 2.45) is 0 Å². The molecule has 0 bridgehead atoms. The quantitative estimate of drug-likeness (QED) is 0.337. The average Bonchev–Trinajstić information content (AvgIpc) is 3.46. The van der Waals surface area contributed by atoms with Gasteiger partial charge in [-0.05, 0) is 42.8 Å². The summed E-state index contributed by atoms with van der Waals surface area (Å²) in [6, 6.07) is 6.88. The van der Waals surface area contributed by atoms with Crippen LogP contribution >= 0.6 is 0 Å². The number of pyridine rings is 1. The van der Waals surface area contributed by atoms with E-state index in [0.29, 0.717) is 31.2 Å². The van der Waals surface area contributed by atoms with Crippen molar-refractivity contribution in [3.8, 4) is 5.82 Å². The number of β-amino-alcohol motifs (C(OH)–C–C–N with tert-alkyl or cyclic N) is 1. The van der Waals surface area contributed by atoms with Crippen LogP contribution in [0, 0.1) is 0 Å². The van der Waals surface area contributed by atoms with E-state index in [2.05, 4.69) is 25.4 Å². The molecule has 3 aromatic heterocycles. The molecule has 5 rings (SSSR count). The van der Waals surface area contributed by atoms with Gasteiger partial charge < -0.3 is 20.3 Å². The molecule has 4 heterocycles. The Morgan fingerprint density at radius 1 is 1.23 bits per heavy atom. The second kappa shape index (κ2) is 12.0. The van der Waals surface area contributed by atoms with Gasteiger partial charge in [-0.1, -0.05) is 26.8 Å². The second-order valence-corrected chi connectivity index (χ2v) is 9.08. The number of fused-ring (bicyclic) bond motifs is 1. The third-order valence-electron chi connectivity index (χ3n) is 6.57. The Kier molecular flexibility index (Phi) is 8.66. The lowest BCUT2D eigenvalue weighted by Gasteiger charge is -2.36. The largest absolute Gasteiger partial charge is 0.418 e. The Balaban J connectivity index is 0.00000172. The second-order valence-electron chi connectivity index (χ2n) is 9.08. The Labute approximate surface area is 223 Å². The molecule has 3 N–H and O–H groups in total. The van der Waals surface area contributed by atoms with Crippen molar-refractivity contribution < 1.29 is 18.3 Å². The molecule has 1 aromatic carbocycles. The molecule has 0 amide bonds. The van der Waals surface area contributed by atoms with Crippen LogP contribution in [0.25, 0.3) is 16.7 Å². The van der Waals surface area contributed by atoms with E-state index in [1.54, 1.807) is 35.4 Å². The molecular weight excluding hydrogens is 511 g/mol. The Morgan fingerprint density at radius 3 is 2.64 bits per heavy atom. The van der Waals surface area contributed by atoms with Crippen LogP contribution in [0.2, 0.25) is 0 Å². The van der Waals surface area contributed by atoms with Crippen molar-refractivity contribution in [3.63, 3.8) is 0 Å². The molecule has 1 fully saturated rings. The fraction of sp³-hybridized carbons (Fsp3) is 0.407. The van der Waals surface area contributed by atoms with Crippen molar-refractivity contribution >= 4 is 16.6 Å². The summed E-state index contributed by atoms with van der Waals surface area (Å²) in [5.41, 5.74) is -0.938. The molecule has 39 heavy (non-hydrogen) atoms. The number of aromatic nitrogens is 5. The number of hydrogen-bond acceptors (Lipinski definition) is 7. The molecule has 1 saturated heterocycles. The maximum atomic E-state index is 13.9. The van der Waals surface area contributed by atoms with E-state index in [1.165, 1.54) is 6.07 Å². The molecule has 0 saturated carbocycles. The van der Waals surface area contributed by atoms with Gasteiger partial charge in [-0.25, -0.2) is 14.6 Å². The molecule has 9 nitrogen and oxygen atoms in total. The van der Waals surface area contributed by atoms with Crippen LogP contribution in [0.3, 0.4) is 0 Å². The first-order valence-electron chi connectivity index (χ1n) is 13.0. The lowest BCUT2D eigenvalue weighted by Crippen LogP contribution is -2.49. The van der Waals surface area contributed by atoms with Crippen LogP contribution < -0.4 is 10.9 Å². The molecule has 2 atom stereocenters. The first-order chi connectivity index (χ1) is 18.7. The van der Waals surface area contributed by atoms with Crippen LogP contribution in [0.15, 0.2) is 53.7 Å². The standard InChI is InChI=1S/C25H26F3N7O2.C2H6/c1-2-34-9-6-18(21(36)14-34)31-20-12-19-16(11-17(20)25(26,27)28)24(37)33-22(32-19)10-15-4-5-23(29-13-15)35-8-3-7-30-35;1-2/h3-5,7-8,11-13,18,21,31,36H,2,6,9-10,14H2,1H3,(H,32,33,37);1-2H3. The summed E-state index contributed by atoms with van der Waals surface area (Å²) >= 11 is 0. The lowest BCUT2D eigenvalue weighted by molar-refractivity contribution is -0.136. The van der Waals surface area contributed by atoms with Crippen molar-refractivity contribution in [1.29, 1.82) is 0 Å². The number of rotatable bonds is 6. The Bertz CT molecular complexity index is 1440. The van der Waals surface area contributed by atoms with Gasteiger partial charge in [0.25, 0.3) is 5.56 Å². The van der Waals surface area contributed by atoms with Gasteiger partial charge in [0.1, 0.15) is 5.82 Å². The number of likely N-dealkylation sites (N-methyl/N-ethyl adjacent to an activating group) is 1. The van der Waals surface area contributed by atoms with E-state index in [4.69, 9.17) is 0 Å². The normalized spacial score (nSPS) is 18.0. The van der Waals surface area contributed by atoms with Crippen molar-refractivity contribution in [3.05, 3.63) is 76.2 Å². The van der Waals surface area contributed by atoms with Crippen LogP contribution in [-0.2, 0) is 12.6 Å². The third-order valence-corrected chi connectivity index (χ3v) is 6.57. The predicted molar refractivity (Wildman–Crippen MR) is 143 cm³/mol. The zero-order valence-corrected chi connectivity index (χ0v) is 22.0. The summed E-state index contributed by atoms with van der Waals surface area (Å²) in [5.74, 6) is 0.921. The maximum absolute atomic E-state index is 13.9. The molecule has 208 valence electrons. The number of likely N-dealkylation sites (tertiary alicyclic amines) is 1. The fourth-order valence-corrected chi connectivity index (χ4v) is 4.58. The highest BCUT2D eigenvalue weighted by molar-refractivity contribution is 5.83. The van der Waals surface area contributed by atoms with Gasteiger partial charge in [-0.2, -0.15) is 18.3 Å². The molecule has 1 aliphatic heterocycles. The van der Waals surface area contributed by atoms with Gasteiger partial charge in [0.15, 0.2) is 5.82 Å². The number of benzene rings is 1. The SMILES string of the molecule is CC.CCN1CCC(Nc2cc3nc(Cc4ccc(-n5cccn5)nc4)[nH]c(=O)c3cc2C(F)(F)F)C(O)C1. The van der Waals surface area contributed by atoms with E-state index < -0.39 is 29.4 Å². The predicted octanol–water partition coefficient (Wildman–Crippen LogP) is 4.01. The number of H-pyrrole nitrogens is 1. The van der Waals surface area contributed by atoms with Crippen LogP contribution in [0.1, 0.15) is 44.1 Å². The molecule has 0 radical (unpaired) electrons. The monoisotopic (exact) mass is 543 g/mol. The number of anilines is 1. The number of aromatic amines is 1. The summed E-state index contributed by atoms with van der Waals surface area (Å²) in [7, 11) is 0. The number of aliphatic hydroxyl groups excluding tert-OH is 1. The van der Waals surface area contributed by atoms with E-state index >= 15 is 0 Å². The van der Waals surface area contributed by atoms with E-state index in [0.717, 1.165) is 18.2 Å². The minimum absolute atomic E-state index is 0.135. The number of halogens is 3. The summed E-state index contributed by atoms with van der Waals surface area (Å²) < 4.78 is 43.4. The summed E-state index contributed by atoms with van der Waals surface area (Å²) in [5, 5.41) is 17.4. The van der Waals surface area contributed by atoms with Crippen molar-refractivity contribution in [2.75, 3.05) is 25.0 Å². The molecule has 0 aliphatic carbocycles. The van der Waals surface area contributed by atoms with Gasteiger partial charge in [-0.3, -0.25) is 4.79 Å². The minimum atomic E-state index is -4.70. The van der Waals surface area contributed by atoms with Crippen molar-refractivity contribution in [1.82, 2.24) is 29.6 Å². The van der Waals surface area contributed by atoms with E-state index in [1.807, 2.05) is 31.7 Å². The van der Waals surface area contributed by atoms with Crippen LogP contribution in [-0.4, -0.2) is 66.5 Å². The molecule has 12 heteroatoms. The van der Waals surface area contributed by atoms with Gasteiger partial charge in [0.05, 0.1) is 28.6 Å². The number of nitrogens with zero attached hydrogens (tertiary/aromatic N) is 5. The zero-order chi connectivity index (χ0) is 28.2. The highest BCUT2D eigenvalue weighted by Gasteiger charge is 2.36. The molecule has 2 unspecified atom stereocenters. The van der Waals surface area contributed by atoms with Gasteiger partial charge in [0.2, 0.25) is 0 Å². The number of aliphatic hydroxyl groups is 1. The third kappa shape index (κ3) is 6.45. The zero-order valence-electron chi connectivity index (χ0n) is 22.0. The number of nitrogens with one attached hydrogen (secondary N) is 2. The highest BCUT2D eigenvalue weighted by atomic mass is 19.4. The summed E-state index contributed by atoms with van der Waals surface area (Å²) in [6.07, 6.45) is 0.225. The number of alkyl halides is 3. The summed E-state index contributed by atoms with van der Waals surface area (Å²) in [6.45, 7) is 7.76. The lowest BCUT2D eigenvalue weighted by atomic mass is 10.00. The Morgan fingerprint density at radius 2 is 2.03 bits per heavy atom. The molecular formula is C27H32F3N7O2. The molecule has 4 aromatic rings. The molecule has 1 aliphatic rings. The topological polar surface area (TPSA) is 112 Å². The average molecular weight is 544 g/mol. The highest BCUT2D eigenvalue weighted by Crippen LogP contribution is 2.37. The van der Waals surface area contributed by atoms with E-state index in [-0.39, 0.29) is 23.0 Å². The maximum Gasteiger partial charge on any atom is 0.418 e. The van der Waals surface area contributed by atoms with Crippen LogP contribution in [0.4, 0.5) is 18.9 Å². The van der Waals surface area contributed by atoms with Gasteiger partial charge in [0, 0.05) is 43.8 Å². The minimum Gasteiger partial charge on any atom is -0.390 e. The summed E-state index contributed by atoms with van der Waals surface area (Å²) in [4.78, 5) is 26.2. The van der Waals surface area contributed by atoms with Gasteiger partial charge in [-0.15, -0.1) is 0 Å². The first-order valence-corrected chi connectivity index (χ1v) is 13.0. The number of hydrogen-bond donors (Lipinski definition) is 3. The van der Waals surface area contributed by atoms with Crippen LogP contribution in [0.5, 0.6) is 0 Å². The molecule has 0 spiro atoms. The van der Waals surface area contributed by atoms with E-state index in [9.17, 15) is 23.1 Å². The fourth-order valence-electron chi connectivity index (χ4n) is 4.58. The Hall–Kier alpha value is -3.77. The smallest absolute Gasteiger partial charge is 0.390 e. The van der Waals surface area contributed by atoms with Crippen molar-refractivity contribution in [2.45, 2.75) is 51.9 Å².